The molecule has 1 aromatic carbocycles. The lowest BCUT2D eigenvalue weighted by Crippen LogP contribution is -2.37. The maximum Gasteiger partial charge on any atom is 0.340 e. The van der Waals surface area contributed by atoms with E-state index in [1.807, 2.05) is 19.1 Å². The Morgan fingerprint density at radius 2 is 1.93 bits per heavy atom. The molecule has 3 aliphatic rings. The van der Waals surface area contributed by atoms with E-state index in [0.29, 0.717) is 28.3 Å². The Morgan fingerprint density at radius 3 is 2.67 bits per heavy atom. The van der Waals surface area contributed by atoms with Crippen molar-refractivity contribution in [1.29, 1.82) is 0 Å². The largest absolute Gasteiger partial charge is 0.465 e. The highest BCUT2D eigenvalue weighted by Gasteiger charge is 2.40. The zero-order valence-electron chi connectivity index (χ0n) is 15.6. The van der Waals surface area contributed by atoms with E-state index in [-0.39, 0.29) is 18.7 Å². The molecule has 0 saturated heterocycles. The van der Waals surface area contributed by atoms with Gasteiger partial charge in [0.2, 0.25) is 6.79 Å². The van der Waals surface area contributed by atoms with Crippen LogP contribution in [0.25, 0.3) is 6.08 Å². The molecule has 2 heterocycles. The highest BCUT2D eigenvalue weighted by molar-refractivity contribution is 6.16. The summed E-state index contributed by atoms with van der Waals surface area (Å²) in [6, 6.07) is 5.62. The van der Waals surface area contributed by atoms with Gasteiger partial charge < -0.3 is 19.1 Å². The number of carbonyl (C=O) groups excluding carboxylic acids is 2. The normalized spacial score (nSPS) is 21.3. The molecule has 0 radical (unpaired) electrons. The third-order valence-electron chi connectivity index (χ3n) is 5.48. The third-order valence-corrected chi connectivity index (χ3v) is 5.48. The summed E-state index contributed by atoms with van der Waals surface area (Å²) in [5, 5.41) is 0. The lowest BCUT2D eigenvalue weighted by Gasteiger charge is -2.32. The number of hydrogen-bond acceptors (Lipinski definition) is 5. The number of fused-ring (bicyclic) bond motifs is 1. The first-order valence-corrected chi connectivity index (χ1v) is 9.34. The Hall–Kier alpha value is -2.76. The number of benzene rings is 1. The van der Waals surface area contributed by atoms with E-state index in [4.69, 9.17) is 14.2 Å². The second kappa shape index (κ2) is 7.10. The molecule has 27 heavy (non-hydrogen) atoms. The van der Waals surface area contributed by atoms with Gasteiger partial charge in [-0.3, -0.25) is 4.79 Å². The predicted molar refractivity (Wildman–Crippen MR) is 99.0 cm³/mol. The van der Waals surface area contributed by atoms with Gasteiger partial charge in [-0.05, 0) is 43.5 Å². The second-order valence-corrected chi connectivity index (χ2v) is 7.09. The van der Waals surface area contributed by atoms with E-state index in [1.165, 1.54) is 13.5 Å². The van der Waals surface area contributed by atoms with Crippen molar-refractivity contribution in [2.45, 2.75) is 45.1 Å². The average Bonchev–Trinajstić information content (AvgIpc) is 3.24. The van der Waals surface area contributed by atoms with Crippen molar-refractivity contribution in [2.24, 2.45) is 0 Å². The monoisotopic (exact) mass is 369 g/mol. The SMILES string of the molecule is COC(=O)C1=C(C)N(C2CCCCC2)C(=O)/C1=C\c1ccc2c(c1)OCO2. The Labute approximate surface area is 158 Å². The minimum Gasteiger partial charge on any atom is -0.465 e. The van der Waals surface area contributed by atoms with Gasteiger partial charge in [-0.25, -0.2) is 4.79 Å². The van der Waals surface area contributed by atoms with Gasteiger partial charge in [0, 0.05) is 11.7 Å². The second-order valence-electron chi connectivity index (χ2n) is 7.09. The van der Waals surface area contributed by atoms with Gasteiger partial charge in [-0.2, -0.15) is 0 Å². The number of hydrogen-bond donors (Lipinski definition) is 0. The van der Waals surface area contributed by atoms with Crippen LogP contribution in [-0.4, -0.2) is 36.7 Å². The van der Waals surface area contributed by atoms with Gasteiger partial charge in [0.25, 0.3) is 5.91 Å². The fourth-order valence-corrected chi connectivity index (χ4v) is 4.15. The molecule has 6 heteroatoms. The maximum atomic E-state index is 13.2. The minimum atomic E-state index is -0.480. The summed E-state index contributed by atoms with van der Waals surface area (Å²) in [4.78, 5) is 27.5. The van der Waals surface area contributed by atoms with E-state index >= 15 is 0 Å². The molecule has 1 saturated carbocycles. The molecule has 4 rings (SSSR count). The van der Waals surface area contributed by atoms with Crippen LogP contribution in [0.1, 0.15) is 44.6 Å². The van der Waals surface area contributed by atoms with Crippen molar-refractivity contribution in [1.82, 2.24) is 4.90 Å². The van der Waals surface area contributed by atoms with Gasteiger partial charge in [0.15, 0.2) is 11.5 Å². The highest BCUT2D eigenvalue weighted by Crippen LogP contribution is 2.38. The van der Waals surface area contributed by atoms with E-state index in [0.717, 1.165) is 31.2 Å². The zero-order chi connectivity index (χ0) is 19.0. The quantitative estimate of drug-likeness (QED) is 0.603. The van der Waals surface area contributed by atoms with Crippen LogP contribution in [0.15, 0.2) is 35.0 Å². The van der Waals surface area contributed by atoms with E-state index in [2.05, 4.69) is 0 Å². The summed E-state index contributed by atoms with van der Waals surface area (Å²) in [6.07, 6.45) is 7.09. The number of methoxy groups -OCH3 is 1. The van der Waals surface area contributed by atoms with E-state index in [9.17, 15) is 9.59 Å². The van der Waals surface area contributed by atoms with Crippen molar-refractivity contribution in [3.05, 3.63) is 40.6 Å². The molecular weight excluding hydrogens is 346 g/mol. The smallest absolute Gasteiger partial charge is 0.340 e. The molecule has 1 fully saturated rings. The van der Waals surface area contributed by atoms with Gasteiger partial charge in [-0.1, -0.05) is 25.3 Å². The lowest BCUT2D eigenvalue weighted by atomic mass is 9.94. The Morgan fingerprint density at radius 1 is 1.19 bits per heavy atom. The van der Waals surface area contributed by atoms with Crippen LogP contribution in [0, 0.1) is 0 Å². The summed E-state index contributed by atoms with van der Waals surface area (Å²) in [5.41, 5.74) is 2.20. The minimum absolute atomic E-state index is 0.127. The van der Waals surface area contributed by atoms with Crippen LogP contribution in [-0.2, 0) is 14.3 Å². The van der Waals surface area contributed by atoms with E-state index < -0.39 is 5.97 Å². The maximum absolute atomic E-state index is 13.2. The predicted octanol–water partition coefficient (Wildman–Crippen LogP) is 3.42. The Balaban J connectivity index is 1.73. The molecule has 2 aliphatic heterocycles. The number of allylic oxidation sites excluding steroid dienone is 1. The van der Waals surface area contributed by atoms with Crippen LogP contribution >= 0.6 is 0 Å². The highest BCUT2D eigenvalue weighted by atomic mass is 16.7. The first kappa shape index (κ1) is 17.6. The number of rotatable bonds is 3. The number of nitrogens with zero attached hydrogens (tertiary/aromatic N) is 1. The van der Waals surface area contributed by atoms with Crippen LogP contribution < -0.4 is 9.47 Å². The Kier molecular flexibility index (Phi) is 4.64. The molecule has 0 aromatic heterocycles. The van der Waals surface area contributed by atoms with Crippen LogP contribution in [0.2, 0.25) is 0 Å². The first-order chi connectivity index (χ1) is 13.1. The third kappa shape index (κ3) is 3.09. The van der Waals surface area contributed by atoms with Crippen LogP contribution in [0.5, 0.6) is 11.5 Å². The van der Waals surface area contributed by atoms with Crippen molar-refractivity contribution in [2.75, 3.05) is 13.9 Å². The number of carbonyl (C=O) groups is 2. The molecule has 1 amide bonds. The molecule has 6 nitrogen and oxygen atoms in total. The molecule has 0 N–H and O–H groups in total. The molecule has 1 aliphatic carbocycles. The number of ether oxygens (including phenoxy) is 3. The van der Waals surface area contributed by atoms with Crippen molar-refractivity contribution in [3.8, 4) is 11.5 Å². The summed E-state index contributed by atoms with van der Waals surface area (Å²) < 4.78 is 15.7. The molecule has 0 atom stereocenters. The summed E-state index contributed by atoms with van der Waals surface area (Å²) in [6.45, 7) is 2.02. The average molecular weight is 369 g/mol. The zero-order valence-corrected chi connectivity index (χ0v) is 15.6. The van der Waals surface area contributed by atoms with Crippen molar-refractivity contribution in [3.63, 3.8) is 0 Å². The van der Waals surface area contributed by atoms with Crippen molar-refractivity contribution < 1.29 is 23.8 Å². The number of esters is 1. The topological polar surface area (TPSA) is 65.1 Å². The van der Waals surface area contributed by atoms with Crippen LogP contribution in [0.3, 0.4) is 0 Å². The van der Waals surface area contributed by atoms with Gasteiger partial charge in [0.1, 0.15) is 0 Å². The summed E-state index contributed by atoms with van der Waals surface area (Å²) in [5.74, 6) is 0.710. The Bertz CT molecular complexity index is 848. The van der Waals surface area contributed by atoms with Crippen molar-refractivity contribution >= 4 is 18.0 Å². The fourth-order valence-electron chi connectivity index (χ4n) is 4.15. The van der Waals surface area contributed by atoms with Gasteiger partial charge in [-0.15, -0.1) is 0 Å². The molecule has 0 spiro atoms. The van der Waals surface area contributed by atoms with Gasteiger partial charge >= 0.3 is 5.97 Å². The van der Waals surface area contributed by atoms with Crippen LogP contribution in [0.4, 0.5) is 0 Å². The van der Waals surface area contributed by atoms with Gasteiger partial charge in [0.05, 0.1) is 18.3 Å². The molecule has 142 valence electrons. The lowest BCUT2D eigenvalue weighted by molar-refractivity contribution is -0.136. The molecule has 0 bridgehead atoms. The fraction of sp³-hybridized carbons (Fsp3) is 0.429. The summed E-state index contributed by atoms with van der Waals surface area (Å²) >= 11 is 0. The summed E-state index contributed by atoms with van der Waals surface area (Å²) in [7, 11) is 1.34. The molecule has 0 unspecified atom stereocenters. The van der Waals surface area contributed by atoms with E-state index in [1.54, 1.807) is 17.0 Å². The number of amides is 1. The molecular formula is C21H23NO5. The first-order valence-electron chi connectivity index (χ1n) is 9.34. The standard InChI is InChI=1S/C21H23NO5/c1-13-19(21(24)25-2)16(20(23)22(13)15-6-4-3-5-7-15)10-14-8-9-17-18(11-14)27-12-26-17/h8-11,15H,3-7,12H2,1-2H3/b16-10-. The molecule has 1 aromatic rings.